The molecule has 5 heteroatoms. The molecule has 1 aromatic rings. The van der Waals surface area contributed by atoms with Gasteiger partial charge in [0, 0.05) is 12.2 Å². The van der Waals surface area contributed by atoms with Crippen LogP contribution in [0.15, 0.2) is 47.2 Å². The SMILES string of the molecule is O=[N+]([O-])C(=CNc1ccccc1)C1=NCCCCC1. The van der Waals surface area contributed by atoms with Crippen LogP contribution in [0.4, 0.5) is 5.69 Å². The van der Waals surface area contributed by atoms with E-state index in [0.29, 0.717) is 18.7 Å². The largest absolute Gasteiger partial charge is 0.356 e. The lowest BCUT2D eigenvalue weighted by Gasteiger charge is -2.03. The molecule has 0 atom stereocenters. The van der Waals surface area contributed by atoms with Crippen molar-refractivity contribution in [2.24, 2.45) is 4.99 Å². The lowest BCUT2D eigenvalue weighted by atomic mass is 10.1. The van der Waals surface area contributed by atoms with Crippen LogP contribution in [0.25, 0.3) is 0 Å². The fourth-order valence-electron chi connectivity index (χ4n) is 2.01. The Morgan fingerprint density at radius 2 is 2.05 bits per heavy atom. The van der Waals surface area contributed by atoms with E-state index in [4.69, 9.17) is 0 Å². The molecular formula is C14H17N3O2. The average Bonchev–Trinajstić information content (AvgIpc) is 2.69. The second kappa shape index (κ2) is 6.68. The van der Waals surface area contributed by atoms with Crippen LogP contribution >= 0.6 is 0 Å². The number of para-hydroxylation sites is 1. The van der Waals surface area contributed by atoms with Gasteiger partial charge in [-0.25, -0.2) is 0 Å². The highest BCUT2D eigenvalue weighted by atomic mass is 16.6. The third kappa shape index (κ3) is 3.91. The molecule has 19 heavy (non-hydrogen) atoms. The lowest BCUT2D eigenvalue weighted by molar-refractivity contribution is -0.415. The summed E-state index contributed by atoms with van der Waals surface area (Å²) >= 11 is 0. The van der Waals surface area contributed by atoms with Gasteiger partial charge in [-0.15, -0.1) is 0 Å². The molecule has 0 saturated carbocycles. The monoisotopic (exact) mass is 259 g/mol. The minimum Gasteiger partial charge on any atom is -0.356 e. The van der Waals surface area contributed by atoms with Gasteiger partial charge in [0.25, 0.3) is 0 Å². The fourth-order valence-corrected chi connectivity index (χ4v) is 2.01. The van der Waals surface area contributed by atoms with Gasteiger partial charge in [-0.05, 0) is 31.4 Å². The van der Waals surface area contributed by atoms with Crippen LogP contribution in [-0.2, 0) is 0 Å². The predicted molar refractivity (Wildman–Crippen MR) is 75.9 cm³/mol. The van der Waals surface area contributed by atoms with Gasteiger partial charge in [-0.1, -0.05) is 24.6 Å². The molecule has 0 aromatic heterocycles. The molecule has 2 rings (SSSR count). The zero-order valence-corrected chi connectivity index (χ0v) is 10.7. The molecule has 100 valence electrons. The zero-order chi connectivity index (χ0) is 13.5. The summed E-state index contributed by atoms with van der Waals surface area (Å²) in [5.41, 5.74) is 1.51. The lowest BCUT2D eigenvalue weighted by Crippen LogP contribution is -2.13. The van der Waals surface area contributed by atoms with Crippen LogP contribution in [0, 0.1) is 10.1 Å². The van der Waals surface area contributed by atoms with Gasteiger partial charge in [0.1, 0.15) is 5.71 Å². The summed E-state index contributed by atoms with van der Waals surface area (Å²) in [5, 5.41) is 14.1. The molecule has 0 radical (unpaired) electrons. The van der Waals surface area contributed by atoms with E-state index in [0.717, 1.165) is 24.9 Å². The van der Waals surface area contributed by atoms with Crippen molar-refractivity contribution in [3.05, 3.63) is 52.3 Å². The fraction of sp³-hybridized carbons (Fsp3) is 0.357. The summed E-state index contributed by atoms with van der Waals surface area (Å²) in [6.07, 6.45) is 5.20. The maximum Gasteiger partial charge on any atom is 0.306 e. The molecular weight excluding hydrogens is 242 g/mol. The molecule has 0 amide bonds. The smallest absolute Gasteiger partial charge is 0.306 e. The number of allylic oxidation sites excluding steroid dienone is 1. The van der Waals surface area contributed by atoms with Gasteiger partial charge < -0.3 is 5.32 Å². The molecule has 0 saturated heterocycles. The zero-order valence-electron chi connectivity index (χ0n) is 10.7. The van der Waals surface area contributed by atoms with Crippen LogP contribution in [0.3, 0.4) is 0 Å². The summed E-state index contributed by atoms with van der Waals surface area (Å²) in [4.78, 5) is 15.1. The van der Waals surface area contributed by atoms with Gasteiger partial charge in [0.05, 0.1) is 11.1 Å². The van der Waals surface area contributed by atoms with Gasteiger partial charge in [-0.3, -0.25) is 15.1 Å². The topological polar surface area (TPSA) is 67.5 Å². The van der Waals surface area contributed by atoms with E-state index in [9.17, 15) is 10.1 Å². The van der Waals surface area contributed by atoms with Crippen LogP contribution in [0.1, 0.15) is 25.7 Å². The van der Waals surface area contributed by atoms with E-state index in [1.54, 1.807) is 0 Å². The van der Waals surface area contributed by atoms with E-state index < -0.39 is 0 Å². The predicted octanol–water partition coefficient (Wildman–Crippen LogP) is 3.23. The van der Waals surface area contributed by atoms with E-state index in [2.05, 4.69) is 10.3 Å². The Morgan fingerprint density at radius 3 is 2.79 bits per heavy atom. The van der Waals surface area contributed by atoms with E-state index >= 15 is 0 Å². The van der Waals surface area contributed by atoms with Crippen molar-refractivity contribution in [2.75, 3.05) is 11.9 Å². The Morgan fingerprint density at radius 1 is 1.26 bits per heavy atom. The maximum atomic E-state index is 11.1. The average molecular weight is 259 g/mol. The highest BCUT2D eigenvalue weighted by Crippen LogP contribution is 2.14. The van der Waals surface area contributed by atoms with Crippen molar-refractivity contribution < 1.29 is 4.92 Å². The van der Waals surface area contributed by atoms with E-state index in [1.807, 2.05) is 30.3 Å². The number of anilines is 1. The summed E-state index contributed by atoms with van der Waals surface area (Å²) in [7, 11) is 0. The van der Waals surface area contributed by atoms with Crippen molar-refractivity contribution >= 4 is 11.4 Å². The van der Waals surface area contributed by atoms with E-state index in [1.165, 1.54) is 6.20 Å². The van der Waals surface area contributed by atoms with Crippen molar-refractivity contribution in [1.29, 1.82) is 0 Å². The highest BCUT2D eigenvalue weighted by Gasteiger charge is 2.20. The van der Waals surface area contributed by atoms with Crippen LogP contribution < -0.4 is 5.32 Å². The van der Waals surface area contributed by atoms with Crippen molar-refractivity contribution in [3.8, 4) is 0 Å². The Bertz CT molecular complexity index is 495. The number of hydrogen-bond donors (Lipinski definition) is 1. The quantitative estimate of drug-likeness (QED) is 0.666. The van der Waals surface area contributed by atoms with Gasteiger partial charge in [0.2, 0.25) is 0 Å². The van der Waals surface area contributed by atoms with Gasteiger partial charge in [0.15, 0.2) is 0 Å². The first-order chi connectivity index (χ1) is 9.27. The number of hydrogen-bond acceptors (Lipinski definition) is 4. The second-order valence-electron chi connectivity index (χ2n) is 4.44. The summed E-state index contributed by atoms with van der Waals surface area (Å²) in [6.45, 7) is 0.686. The van der Waals surface area contributed by atoms with Crippen LogP contribution in [0.5, 0.6) is 0 Å². The maximum absolute atomic E-state index is 11.1. The number of benzene rings is 1. The molecule has 0 unspecified atom stereocenters. The first kappa shape index (κ1) is 13.3. The summed E-state index contributed by atoms with van der Waals surface area (Å²) in [6, 6.07) is 9.39. The first-order valence-electron chi connectivity index (χ1n) is 6.47. The first-order valence-corrected chi connectivity index (χ1v) is 6.47. The molecule has 1 aliphatic rings. The van der Waals surface area contributed by atoms with Gasteiger partial charge >= 0.3 is 5.70 Å². The highest BCUT2D eigenvalue weighted by molar-refractivity contribution is 5.98. The molecule has 1 heterocycles. The molecule has 0 aliphatic carbocycles. The van der Waals surface area contributed by atoms with E-state index in [-0.39, 0.29) is 10.6 Å². The van der Waals surface area contributed by atoms with Gasteiger partial charge in [-0.2, -0.15) is 0 Å². The standard InChI is InChI=1S/C14H17N3O2/c18-17(19)14(13-9-5-2-6-10-15-13)11-16-12-7-3-1-4-8-12/h1,3-4,7-8,11,16H,2,5-6,9-10H2. The third-order valence-corrected chi connectivity index (χ3v) is 3.02. The number of rotatable bonds is 4. The molecule has 1 aliphatic heterocycles. The molecule has 1 N–H and O–H groups in total. The second-order valence-corrected chi connectivity index (χ2v) is 4.44. The summed E-state index contributed by atoms with van der Waals surface area (Å²) in [5.74, 6) is 0. The molecule has 0 bridgehead atoms. The Labute approximate surface area is 112 Å². The molecule has 0 spiro atoms. The Kier molecular flexibility index (Phi) is 4.66. The minimum absolute atomic E-state index is 0.0748. The molecule has 1 aromatic carbocycles. The normalized spacial score (nSPS) is 16.4. The number of nitro groups is 1. The third-order valence-electron chi connectivity index (χ3n) is 3.02. The number of nitrogens with one attached hydrogen (secondary N) is 1. The minimum atomic E-state index is -0.361. The molecule has 5 nitrogen and oxygen atoms in total. The van der Waals surface area contributed by atoms with Crippen molar-refractivity contribution in [2.45, 2.75) is 25.7 Å². The molecule has 0 fully saturated rings. The number of aliphatic imine (C=N–C) groups is 1. The van der Waals surface area contributed by atoms with Crippen molar-refractivity contribution in [1.82, 2.24) is 0 Å². The summed E-state index contributed by atoms with van der Waals surface area (Å²) < 4.78 is 0. The van der Waals surface area contributed by atoms with Crippen LogP contribution in [0.2, 0.25) is 0 Å². The number of nitrogens with zero attached hydrogens (tertiary/aromatic N) is 2. The van der Waals surface area contributed by atoms with Crippen molar-refractivity contribution in [3.63, 3.8) is 0 Å². The Balaban J connectivity index is 2.15. The van der Waals surface area contributed by atoms with Crippen LogP contribution in [-0.4, -0.2) is 17.2 Å². The Hall–Kier alpha value is -2.17.